The zero-order valence-corrected chi connectivity index (χ0v) is 13.3. The van der Waals surface area contributed by atoms with Crippen molar-refractivity contribution in [2.24, 2.45) is 5.92 Å². The molecule has 1 heterocycles. The molecule has 0 radical (unpaired) electrons. The largest absolute Gasteiger partial charge is 0.367 e. The molecule has 1 aliphatic rings. The number of carbonyl (C=O) groups is 1. The summed E-state index contributed by atoms with van der Waals surface area (Å²) in [6, 6.07) is 9.79. The molecule has 1 saturated heterocycles. The number of ether oxygens (including phenoxy) is 1. The monoisotopic (exact) mass is 289 g/mol. The minimum absolute atomic E-state index is 0.112. The summed E-state index contributed by atoms with van der Waals surface area (Å²) in [5.74, 6) is 0.895. The summed E-state index contributed by atoms with van der Waals surface area (Å²) in [5, 5.41) is 0. The Bertz CT molecular complexity index is 432. The molecule has 1 fully saturated rings. The Hall–Kier alpha value is -1.35. The van der Waals surface area contributed by atoms with Gasteiger partial charge < -0.3 is 9.64 Å². The topological polar surface area (TPSA) is 29.5 Å². The van der Waals surface area contributed by atoms with Crippen LogP contribution in [0.3, 0.4) is 0 Å². The predicted molar refractivity (Wildman–Crippen MR) is 85.0 cm³/mol. The highest BCUT2D eigenvalue weighted by atomic mass is 16.5. The van der Waals surface area contributed by atoms with E-state index in [4.69, 9.17) is 4.74 Å². The summed E-state index contributed by atoms with van der Waals surface area (Å²) < 4.78 is 5.48. The first kappa shape index (κ1) is 16.0. The van der Waals surface area contributed by atoms with Crippen LogP contribution in [0.2, 0.25) is 0 Å². The van der Waals surface area contributed by atoms with Crippen LogP contribution in [0.4, 0.5) is 0 Å². The van der Waals surface area contributed by atoms with E-state index in [0.717, 1.165) is 37.4 Å². The van der Waals surface area contributed by atoms with Gasteiger partial charge >= 0.3 is 0 Å². The zero-order valence-electron chi connectivity index (χ0n) is 13.3. The second-order valence-corrected chi connectivity index (χ2v) is 5.94. The number of amides is 1. The number of carbonyl (C=O) groups excluding carboxylic acids is 1. The van der Waals surface area contributed by atoms with E-state index < -0.39 is 6.10 Å². The molecule has 2 atom stereocenters. The SMILES string of the molecule is CCCC1CCCN(C(=O)C(OC)c2ccccc2)CC1. The maximum Gasteiger partial charge on any atom is 0.256 e. The summed E-state index contributed by atoms with van der Waals surface area (Å²) in [6.45, 7) is 3.98. The van der Waals surface area contributed by atoms with Crippen LogP contribution in [-0.2, 0) is 9.53 Å². The summed E-state index contributed by atoms with van der Waals surface area (Å²) in [4.78, 5) is 14.7. The van der Waals surface area contributed by atoms with Gasteiger partial charge in [-0.05, 0) is 30.7 Å². The first-order valence-electron chi connectivity index (χ1n) is 8.12. The maximum atomic E-state index is 12.7. The highest BCUT2D eigenvalue weighted by molar-refractivity contribution is 5.82. The van der Waals surface area contributed by atoms with Crippen molar-refractivity contribution in [3.63, 3.8) is 0 Å². The van der Waals surface area contributed by atoms with E-state index in [1.165, 1.54) is 19.3 Å². The van der Waals surface area contributed by atoms with Crippen LogP contribution in [0, 0.1) is 5.92 Å². The Morgan fingerprint density at radius 3 is 2.71 bits per heavy atom. The number of nitrogens with zero attached hydrogens (tertiary/aromatic N) is 1. The molecule has 0 saturated carbocycles. The van der Waals surface area contributed by atoms with Gasteiger partial charge in [0.1, 0.15) is 0 Å². The Morgan fingerprint density at radius 1 is 1.29 bits per heavy atom. The lowest BCUT2D eigenvalue weighted by Gasteiger charge is -2.25. The van der Waals surface area contributed by atoms with E-state index in [-0.39, 0.29) is 5.91 Å². The highest BCUT2D eigenvalue weighted by Gasteiger charge is 2.27. The van der Waals surface area contributed by atoms with Crippen molar-refractivity contribution in [2.45, 2.75) is 45.1 Å². The van der Waals surface area contributed by atoms with Gasteiger partial charge in [0.25, 0.3) is 5.91 Å². The summed E-state index contributed by atoms with van der Waals surface area (Å²) >= 11 is 0. The molecule has 0 N–H and O–H groups in total. The first-order valence-corrected chi connectivity index (χ1v) is 8.12. The lowest BCUT2D eigenvalue weighted by atomic mass is 9.96. The molecule has 1 aromatic rings. The van der Waals surface area contributed by atoms with Gasteiger partial charge in [0.05, 0.1) is 0 Å². The van der Waals surface area contributed by atoms with Crippen molar-refractivity contribution in [1.29, 1.82) is 0 Å². The van der Waals surface area contributed by atoms with Crippen molar-refractivity contribution >= 4 is 5.91 Å². The van der Waals surface area contributed by atoms with Gasteiger partial charge in [-0.2, -0.15) is 0 Å². The average Bonchev–Trinajstić information content (AvgIpc) is 2.75. The van der Waals surface area contributed by atoms with Crippen LogP contribution < -0.4 is 0 Å². The third-order valence-electron chi connectivity index (χ3n) is 4.42. The van der Waals surface area contributed by atoms with Crippen LogP contribution in [0.15, 0.2) is 30.3 Å². The fraction of sp³-hybridized carbons (Fsp3) is 0.611. The van der Waals surface area contributed by atoms with Gasteiger partial charge in [0, 0.05) is 20.2 Å². The van der Waals surface area contributed by atoms with Crippen molar-refractivity contribution < 1.29 is 9.53 Å². The molecular weight excluding hydrogens is 262 g/mol. The molecular formula is C18H27NO2. The van der Waals surface area contributed by atoms with E-state index in [0.29, 0.717) is 0 Å². The zero-order chi connectivity index (χ0) is 15.1. The Balaban J connectivity index is 2.01. The third kappa shape index (κ3) is 4.31. The first-order chi connectivity index (χ1) is 10.3. The molecule has 1 amide bonds. The molecule has 2 unspecified atom stereocenters. The van der Waals surface area contributed by atoms with Gasteiger partial charge in [-0.1, -0.05) is 50.1 Å². The van der Waals surface area contributed by atoms with Gasteiger partial charge in [-0.15, -0.1) is 0 Å². The fourth-order valence-electron chi connectivity index (χ4n) is 3.26. The van der Waals surface area contributed by atoms with Crippen molar-refractivity contribution in [3.8, 4) is 0 Å². The van der Waals surface area contributed by atoms with Crippen LogP contribution in [0.25, 0.3) is 0 Å². The normalized spacial score (nSPS) is 20.9. The summed E-state index contributed by atoms with van der Waals surface area (Å²) in [6.07, 6.45) is 5.55. The van der Waals surface area contributed by atoms with E-state index in [9.17, 15) is 4.79 Å². The summed E-state index contributed by atoms with van der Waals surface area (Å²) in [5.41, 5.74) is 0.944. The molecule has 1 aromatic carbocycles. The quantitative estimate of drug-likeness (QED) is 0.825. The van der Waals surface area contributed by atoms with Crippen molar-refractivity contribution in [2.75, 3.05) is 20.2 Å². The predicted octanol–water partition coefficient (Wildman–Crippen LogP) is 3.80. The molecule has 0 spiro atoms. The van der Waals surface area contributed by atoms with Gasteiger partial charge in [-0.25, -0.2) is 0 Å². The molecule has 0 aromatic heterocycles. The summed E-state index contributed by atoms with van der Waals surface area (Å²) in [7, 11) is 1.62. The third-order valence-corrected chi connectivity index (χ3v) is 4.42. The Kier molecular flexibility index (Phi) is 6.24. The van der Waals surface area contributed by atoms with E-state index in [1.807, 2.05) is 35.2 Å². The minimum Gasteiger partial charge on any atom is -0.367 e. The van der Waals surface area contributed by atoms with Crippen LogP contribution in [-0.4, -0.2) is 31.0 Å². The van der Waals surface area contributed by atoms with Crippen molar-refractivity contribution in [3.05, 3.63) is 35.9 Å². The van der Waals surface area contributed by atoms with E-state index in [2.05, 4.69) is 6.92 Å². The molecule has 3 nitrogen and oxygen atoms in total. The smallest absolute Gasteiger partial charge is 0.256 e. The highest BCUT2D eigenvalue weighted by Crippen LogP contribution is 2.25. The Morgan fingerprint density at radius 2 is 2.05 bits per heavy atom. The van der Waals surface area contributed by atoms with E-state index >= 15 is 0 Å². The molecule has 0 aliphatic carbocycles. The second kappa shape index (κ2) is 8.18. The van der Waals surface area contributed by atoms with Crippen molar-refractivity contribution in [1.82, 2.24) is 4.90 Å². The van der Waals surface area contributed by atoms with Gasteiger partial charge in [-0.3, -0.25) is 4.79 Å². The lowest BCUT2D eigenvalue weighted by molar-refractivity contribution is -0.142. The average molecular weight is 289 g/mol. The molecule has 21 heavy (non-hydrogen) atoms. The number of benzene rings is 1. The van der Waals surface area contributed by atoms with Crippen LogP contribution in [0.1, 0.15) is 50.7 Å². The molecule has 2 rings (SSSR count). The number of likely N-dealkylation sites (tertiary alicyclic amines) is 1. The standard InChI is InChI=1S/C18H27NO2/c1-3-8-15-9-7-13-19(14-12-15)18(20)17(21-2)16-10-5-4-6-11-16/h4-6,10-11,15,17H,3,7-9,12-14H2,1-2H3. The minimum atomic E-state index is -0.464. The van der Waals surface area contributed by atoms with Crippen LogP contribution >= 0.6 is 0 Å². The molecule has 3 heteroatoms. The number of methoxy groups -OCH3 is 1. The van der Waals surface area contributed by atoms with Gasteiger partial charge in [0.2, 0.25) is 0 Å². The number of hydrogen-bond acceptors (Lipinski definition) is 2. The number of rotatable bonds is 5. The molecule has 0 bridgehead atoms. The van der Waals surface area contributed by atoms with Gasteiger partial charge in [0.15, 0.2) is 6.10 Å². The molecule has 116 valence electrons. The molecule has 1 aliphatic heterocycles. The maximum absolute atomic E-state index is 12.7. The Labute approximate surface area is 128 Å². The second-order valence-electron chi connectivity index (χ2n) is 5.94. The fourth-order valence-corrected chi connectivity index (χ4v) is 3.26. The lowest BCUT2D eigenvalue weighted by Crippen LogP contribution is -2.36. The van der Waals surface area contributed by atoms with Crippen LogP contribution in [0.5, 0.6) is 0 Å². The number of hydrogen-bond donors (Lipinski definition) is 0. The van der Waals surface area contributed by atoms with E-state index in [1.54, 1.807) is 7.11 Å².